The molecule has 1 saturated heterocycles. The van der Waals surface area contributed by atoms with Crippen molar-refractivity contribution < 1.29 is 23.8 Å². The minimum Gasteiger partial charge on any atom is -0.493 e. The minimum atomic E-state index is -0.489. The van der Waals surface area contributed by atoms with Crippen molar-refractivity contribution in [2.45, 2.75) is 18.9 Å². The fourth-order valence-corrected chi connectivity index (χ4v) is 4.03. The van der Waals surface area contributed by atoms with Gasteiger partial charge in [-0.05, 0) is 30.4 Å². The third kappa shape index (κ3) is 2.80. The van der Waals surface area contributed by atoms with Gasteiger partial charge in [-0.25, -0.2) is 4.79 Å². The fourth-order valence-electron chi connectivity index (χ4n) is 3.00. The molecular weight excluding hydrogens is 330 g/mol. The number of amides is 1. The van der Waals surface area contributed by atoms with Crippen molar-refractivity contribution in [3.63, 3.8) is 0 Å². The number of hydrogen-bond acceptors (Lipinski definition) is 6. The van der Waals surface area contributed by atoms with E-state index in [1.807, 2.05) is 18.2 Å². The van der Waals surface area contributed by atoms with Crippen LogP contribution in [0.25, 0.3) is 10.1 Å². The summed E-state index contributed by atoms with van der Waals surface area (Å²) >= 11 is 1.38. The number of likely N-dealkylation sites (tertiary alicyclic amines) is 1. The predicted octanol–water partition coefficient (Wildman–Crippen LogP) is 2.70. The lowest BCUT2D eigenvalue weighted by atomic mass is 10.2. The lowest BCUT2D eigenvalue weighted by Crippen LogP contribution is -2.40. The topological polar surface area (TPSA) is 65.1 Å². The quantitative estimate of drug-likeness (QED) is 0.794. The van der Waals surface area contributed by atoms with Crippen LogP contribution in [0.3, 0.4) is 0 Å². The van der Waals surface area contributed by atoms with E-state index in [2.05, 4.69) is 0 Å². The van der Waals surface area contributed by atoms with E-state index in [4.69, 9.17) is 14.2 Å². The van der Waals surface area contributed by atoms with Gasteiger partial charge in [-0.3, -0.25) is 4.79 Å². The molecule has 0 saturated carbocycles. The van der Waals surface area contributed by atoms with Gasteiger partial charge >= 0.3 is 5.97 Å². The Hall–Kier alpha value is -2.28. The first-order chi connectivity index (χ1) is 11.6. The van der Waals surface area contributed by atoms with Crippen LogP contribution < -0.4 is 9.47 Å². The second-order valence-electron chi connectivity index (χ2n) is 5.54. The summed E-state index contributed by atoms with van der Waals surface area (Å²) in [6, 6.07) is 5.05. The summed E-state index contributed by atoms with van der Waals surface area (Å²) in [6.07, 6.45) is 1.45. The minimum absolute atomic E-state index is 0.137. The first-order valence-electron chi connectivity index (χ1n) is 7.63. The van der Waals surface area contributed by atoms with Crippen molar-refractivity contribution in [1.82, 2.24) is 4.90 Å². The lowest BCUT2D eigenvalue weighted by molar-refractivity contribution is -0.145. The number of thiophene rings is 1. The molecule has 1 unspecified atom stereocenters. The van der Waals surface area contributed by atoms with E-state index >= 15 is 0 Å². The molecule has 3 rings (SSSR count). The van der Waals surface area contributed by atoms with Crippen LogP contribution in [0.5, 0.6) is 11.5 Å². The number of carbonyl (C=O) groups excluding carboxylic acids is 2. The van der Waals surface area contributed by atoms with Gasteiger partial charge in [0, 0.05) is 17.3 Å². The molecule has 0 N–H and O–H groups in total. The molecule has 1 aromatic carbocycles. The largest absolute Gasteiger partial charge is 0.493 e. The van der Waals surface area contributed by atoms with E-state index in [0.29, 0.717) is 29.3 Å². The van der Waals surface area contributed by atoms with Gasteiger partial charge in [0.2, 0.25) is 0 Å². The average Bonchev–Trinajstić information content (AvgIpc) is 3.25. The molecule has 24 heavy (non-hydrogen) atoms. The van der Waals surface area contributed by atoms with Crippen molar-refractivity contribution in [3.8, 4) is 11.5 Å². The number of nitrogens with zero attached hydrogens (tertiary/aromatic N) is 1. The Bertz CT molecular complexity index is 744. The molecule has 128 valence electrons. The Balaban J connectivity index is 1.94. The van der Waals surface area contributed by atoms with Crippen LogP contribution in [0.2, 0.25) is 0 Å². The summed E-state index contributed by atoms with van der Waals surface area (Å²) in [4.78, 5) is 26.9. The highest BCUT2D eigenvalue weighted by atomic mass is 32.1. The SMILES string of the molecule is COC(=O)C1CCCN1C(=O)c1cc2cc(OC)c(OC)cc2s1. The number of methoxy groups -OCH3 is 3. The highest BCUT2D eigenvalue weighted by Gasteiger charge is 2.35. The molecule has 6 nitrogen and oxygen atoms in total. The molecule has 2 aromatic rings. The van der Waals surface area contributed by atoms with E-state index in [-0.39, 0.29) is 11.9 Å². The van der Waals surface area contributed by atoms with Crippen LogP contribution >= 0.6 is 11.3 Å². The zero-order valence-electron chi connectivity index (χ0n) is 13.8. The molecule has 1 amide bonds. The number of carbonyl (C=O) groups is 2. The smallest absolute Gasteiger partial charge is 0.328 e. The van der Waals surface area contributed by atoms with Crippen LogP contribution in [0.1, 0.15) is 22.5 Å². The van der Waals surface area contributed by atoms with Crippen molar-refractivity contribution in [3.05, 3.63) is 23.1 Å². The molecular formula is C17H19NO5S. The Morgan fingerprint density at radius 2 is 1.83 bits per heavy atom. The molecule has 0 spiro atoms. The summed E-state index contributed by atoms with van der Waals surface area (Å²) in [7, 11) is 4.50. The highest BCUT2D eigenvalue weighted by molar-refractivity contribution is 7.20. The van der Waals surface area contributed by atoms with Gasteiger partial charge in [-0.2, -0.15) is 0 Å². The molecule has 1 fully saturated rings. The Labute approximate surface area is 143 Å². The Kier molecular flexibility index (Phi) is 4.62. The van der Waals surface area contributed by atoms with E-state index in [1.165, 1.54) is 18.4 Å². The first-order valence-corrected chi connectivity index (χ1v) is 8.45. The van der Waals surface area contributed by atoms with Crippen molar-refractivity contribution >= 4 is 33.3 Å². The molecule has 7 heteroatoms. The number of esters is 1. The molecule has 0 radical (unpaired) electrons. The zero-order chi connectivity index (χ0) is 17.3. The van der Waals surface area contributed by atoms with Gasteiger partial charge in [0.15, 0.2) is 11.5 Å². The molecule has 2 heterocycles. The molecule has 1 atom stereocenters. The van der Waals surface area contributed by atoms with Gasteiger partial charge < -0.3 is 19.1 Å². The predicted molar refractivity (Wildman–Crippen MR) is 91.0 cm³/mol. The second kappa shape index (κ2) is 6.68. The molecule has 1 aliphatic rings. The Morgan fingerprint density at radius 1 is 1.12 bits per heavy atom. The monoisotopic (exact) mass is 349 g/mol. The van der Waals surface area contributed by atoms with Crippen molar-refractivity contribution in [2.75, 3.05) is 27.9 Å². The third-order valence-corrected chi connectivity index (χ3v) is 5.31. The normalized spacial score (nSPS) is 17.1. The third-order valence-electron chi connectivity index (χ3n) is 4.22. The molecule has 0 aliphatic carbocycles. The van der Waals surface area contributed by atoms with E-state index in [9.17, 15) is 9.59 Å². The van der Waals surface area contributed by atoms with Crippen molar-refractivity contribution in [2.24, 2.45) is 0 Å². The van der Waals surface area contributed by atoms with Crippen LogP contribution in [0, 0.1) is 0 Å². The van der Waals surface area contributed by atoms with Gasteiger partial charge in [-0.1, -0.05) is 0 Å². The zero-order valence-corrected chi connectivity index (χ0v) is 14.6. The number of benzene rings is 1. The Morgan fingerprint density at radius 3 is 2.50 bits per heavy atom. The maximum atomic E-state index is 12.8. The second-order valence-corrected chi connectivity index (χ2v) is 6.62. The molecule has 1 aliphatic heterocycles. The summed E-state index contributed by atoms with van der Waals surface area (Å²) in [5.74, 6) is 0.752. The standard InChI is InChI=1S/C17H19NO5S/c1-21-12-7-10-8-15(24-14(10)9-13(12)22-2)16(19)18-6-4-5-11(18)17(20)23-3/h7-9,11H,4-6H2,1-3H3. The van der Waals surface area contributed by atoms with Gasteiger partial charge in [-0.15, -0.1) is 11.3 Å². The van der Waals surface area contributed by atoms with Crippen LogP contribution in [-0.2, 0) is 9.53 Å². The van der Waals surface area contributed by atoms with Gasteiger partial charge in [0.25, 0.3) is 5.91 Å². The van der Waals surface area contributed by atoms with Crippen LogP contribution in [0.4, 0.5) is 0 Å². The number of rotatable bonds is 4. The molecule has 0 bridgehead atoms. The van der Waals surface area contributed by atoms with E-state index in [0.717, 1.165) is 16.5 Å². The maximum Gasteiger partial charge on any atom is 0.328 e. The summed E-state index contributed by atoms with van der Waals surface area (Å²) in [5, 5.41) is 0.912. The number of ether oxygens (including phenoxy) is 3. The first kappa shape index (κ1) is 16.6. The number of hydrogen-bond donors (Lipinski definition) is 0. The van der Waals surface area contributed by atoms with Crippen LogP contribution in [-0.4, -0.2) is 50.7 Å². The summed E-state index contributed by atoms with van der Waals surface area (Å²) < 4.78 is 16.3. The van der Waals surface area contributed by atoms with Gasteiger partial charge in [0.05, 0.1) is 26.2 Å². The average molecular weight is 349 g/mol. The van der Waals surface area contributed by atoms with E-state index in [1.54, 1.807) is 19.1 Å². The fraction of sp³-hybridized carbons (Fsp3) is 0.412. The highest BCUT2D eigenvalue weighted by Crippen LogP contribution is 2.37. The lowest BCUT2D eigenvalue weighted by Gasteiger charge is -2.21. The van der Waals surface area contributed by atoms with Gasteiger partial charge in [0.1, 0.15) is 6.04 Å². The molecule has 1 aromatic heterocycles. The van der Waals surface area contributed by atoms with Crippen molar-refractivity contribution in [1.29, 1.82) is 0 Å². The van der Waals surface area contributed by atoms with Crippen LogP contribution in [0.15, 0.2) is 18.2 Å². The summed E-state index contributed by atoms with van der Waals surface area (Å²) in [6.45, 7) is 0.569. The van der Waals surface area contributed by atoms with E-state index < -0.39 is 6.04 Å². The summed E-state index contributed by atoms with van der Waals surface area (Å²) in [5.41, 5.74) is 0. The number of fused-ring (bicyclic) bond motifs is 1. The maximum absolute atomic E-state index is 12.8.